The fraction of sp³-hybridized carbons (Fsp3) is 0.231. The summed E-state index contributed by atoms with van der Waals surface area (Å²) in [6, 6.07) is 19.4. The van der Waals surface area contributed by atoms with E-state index in [1.807, 2.05) is 30.3 Å². The van der Waals surface area contributed by atoms with Crippen LogP contribution in [0.15, 0.2) is 66.7 Å². The molecule has 3 N–H and O–H groups in total. The topological polar surface area (TPSA) is 82.7 Å². The summed E-state index contributed by atoms with van der Waals surface area (Å²) in [5.41, 5.74) is 3.49. The summed E-state index contributed by atoms with van der Waals surface area (Å²) < 4.78 is 5.17. The molecule has 1 fully saturated rings. The average Bonchev–Trinajstić information content (AvgIpc) is 3.37. The van der Waals surface area contributed by atoms with E-state index in [0.29, 0.717) is 28.5 Å². The van der Waals surface area contributed by atoms with Gasteiger partial charge in [0, 0.05) is 35.9 Å². The summed E-state index contributed by atoms with van der Waals surface area (Å²) >= 11 is 6.02. The zero-order valence-corrected chi connectivity index (χ0v) is 19.7. The first kappa shape index (κ1) is 23.4. The van der Waals surface area contributed by atoms with Crippen LogP contribution in [0.5, 0.6) is 5.75 Å². The molecule has 0 bridgehead atoms. The van der Waals surface area contributed by atoms with Crippen molar-refractivity contribution < 1.29 is 14.3 Å². The van der Waals surface area contributed by atoms with Crippen LogP contribution in [0, 0.1) is 0 Å². The Bertz CT molecular complexity index is 1160. The second-order valence-electron chi connectivity index (χ2n) is 8.05. The number of rotatable bonds is 7. The van der Waals surface area contributed by atoms with Crippen LogP contribution in [0.2, 0.25) is 5.02 Å². The zero-order chi connectivity index (χ0) is 23.9. The number of methoxy groups -OCH3 is 1. The van der Waals surface area contributed by atoms with Crippen molar-refractivity contribution in [1.29, 1.82) is 0 Å². The van der Waals surface area contributed by atoms with Crippen molar-refractivity contribution in [3.05, 3.63) is 82.9 Å². The third kappa shape index (κ3) is 5.99. The Balaban J connectivity index is 1.48. The van der Waals surface area contributed by atoms with Gasteiger partial charge in [-0.05, 0) is 66.9 Å². The van der Waals surface area contributed by atoms with Gasteiger partial charge in [0.25, 0.3) is 5.91 Å². The normalized spacial score (nSPS) is 12.8. The van der Waals surface area contributed by atoms with Gasteiger partial charge in [-0.25, -0.2) is 4.79 Å². The van der Waals surface area contributed by atoms with Crippen LogP contribution in [0.25, 0.3) is 0 Å². The molecule has 3 aromatic rings. The summed E-state index contributed by atoms with van der Waals surface area (Å²) in [6.07, 6.45) is 2.19. The van der Waals surface area contributed by atoms with Gasteiger partial charge in [-0.15, -0.1) is 0 Å². The Labute approximate surface area is 204 Å². The Morgan fingerprint density at radius 3 is 2.44 bits per heavy atom. The number of carbonyl (C=O) groups excluding carboxylic acids is 2. The molecule has 3 aromatic carbocycles. The van der Waals surface area contributed by atoms with Crippen LogP contribution < -0.4 is 25.6 Å². The number of benzene rings is 3. The highest BCUT2D eigenvalue weighted by Gasteiger charge is 2.19. The molecular formula is C26H27ClN4O3. The molecule has 176 valence electrons. The third-order valence-electron chi connectivity index (χ3n) is 5.65. The van der Waals surface area contributed by atoms with Crippen molar-refractivity contribution in [3.8, 4) is 5.75 Å². The molecule has 1 aliphatic heterocycles. The molecule has 0 atom stereocenters. The van der Waals surface area contributed by atoms with Gasteiger partial charge < -0.3 is 25.6 Å². The van der Waals surface area contributed by atoms with Gasteiger partial charge >= 0.3 is 6.03 Å². The molecule has 1 saturated heterocycles. The predicted octanol–water partition coefficient (Wildman–Crippen LogP) is 5.52. The number of carbonyl (C=O) groups is 2. The molecule has 0 spiro atoms. The molecule has 1 heterocycles. The van der Waals surface area contributed by atoms with Gasteiger partial charge in [-0.2, -0.15) is 0 Å². The van der Waals surface area contributed by atoms with Crippen LogP contribution in [0.1, 0.15) is 28.8 Å². The third-order valence-corrected chi connectivity index (χ3v) is 5.88. The summed E-state index contributed by atoms with van der Waals surface area (Å²) in [7, 11) is 1.61. The molecule has 4 rings (SSSR count). The molecule has 0 aromatic heterocycles. The maximum absolute atomic E-state index is 12.8. The predicted molar refractivity (Wildman–Crippen MR) is 136 cm³/mol. The Morgan fingerprint density at radius 2 is 1.74 bits per heavy atom. The lowest BCUT2D eigenvalue weighted by atomic mass is 10.1. The second kappa shape index (κ2) is 10.9. The minimum absolute atomic E-state index is 0.220. The van der Waals surface area contributed by atoms with E-state index in [1.54, 1.807) is 43.5 Å². The zero-order valence-electron chi connectivity index (χ0n) is 18.9. The van der Waals surface area contributed by atoms with E-state index >= 15 is 0 Å². The van der Waals surface area contributed by atoms with Gasteiger partial charge in [0.05, 0.1) is 18.5 Å². The molecular weight excluding hydrogens is 452 g/mol. The van der Waals surface area contributed by atoms with Crippen molar-refractivity contribution in [2.45, 2.75) is 19.4 Å². The Kier molecular flexibility index (Phi) is 7.54. The number of nitrogens with zero attached hydrogens (tertiary/aromatic N) is 1. The number of urea groups is 1. The van der Waals surface area contributed by atoms with Crippen molar-refractivity contribution >= 4 is 40.6 Å². The number of anilines is 3. The first-order valence-corrected chi connectivity index (χ1v) is 11.5. The van der Waals surface area contributed by atoms with Gasteiger partial charge in [-0.1, -0.05) is 29.8 Å². The highest BCUT2D eigenvalue weighted by molar-refractivity contribution is 6.30. The molecule has 0 unspecified atom stereocenters. The maximum Gasteiger partial charge on any atom is 0.323 e. The summed E-state index contributed by atoms with van der Waals surface area (Å²) in [4.78, 5) is 27.8. The SMILES string of the molecule is COc1ccc(CNC(=O)c2ccc(N3CCCC3)c(NC(=O)Nc3cccc(Cl)c3)c2)cc1. The number of ether oxygens (including phenoxy) is 1. The average molecular weight is 479 g/mol. The lowest BCUT2D eigenvalue weighted by molar-refractivity contribution is 0.0951. The summed E-state index contributed by atoms with van der Waals surface area (Å²) in [5, 5.41) is 9.16. The second-order valence-corrected chi connectivity index (χ2v) is 8.48. The first-order chi connectivity index (χ1) is 16.5. The Hall–Kier alpha value is -3.71. The number of nitrogens with one attached hydrogen (secondary N) is 3. The highest BCUT2D eigenvalue weighted by atomic mass is 35.5. The quantitative estimate of drug-likeness (QED) is 0.417. The van der Waals surface area contributed by atoms with E-state index in [4.69, 9.17) is 16.3 Å². The monoisotopic (exact) mass is 478 g/mol. The van der Waals surface area contributed by atoms with Crippen LogP contribution in [-0.2, 0) is 6.54 Å². The van der Waals surface area contributed by atoms with Gasteiger partial charge in [0.2, 0.25) is 0 Å². The molecule has 34 heavy (non-hydrogen) atoms. The standard InChI is InChI=1S/C26H27ClN4O3/c1-34-22-10-7-18(8-11-22)17-28-25(32)19-9-12-24(31-13-2-3-14-31)23(15-19)30-26(33)29-21-6-4-5-20(27)16-21/h4-12,15-16H,2-3,13-14,17H2,1H3,(H,28,32)(H2,29,30,33). The number of amides is 3. The number of hydrogen-bond acceptors (Lipinski definition) is 4. The van der Waals surface area contributed by atoms with E-state index in [0.717, 1.165) is 42.9 Å². The molecule has 1 aliphatic rings. The molecule has 0 aliphatic carbocycles. The van der Waals surface area contributed by atoms with Crippen molar-refractivity contribution in [1.82, 2.24) is 5.32 Å². The van der Waals surface area contributed by atoms with E-state index in [1.165, 1.54) is 0 Å². The lowest BCUT2D eigenvalue weighted by Crippen LogP contribution is -2.26. The van der Waals surface area contributed by atoms with E-state index < -0.39 is 6.03 Å². The Morgan fingerprint density at radius 1 is 0.971 bits per heavy atom. The van der Waals surface area contributed by atoms with E-state index in [2.05, 4.69) is 20.9 Å². The minimum Gasteiger partial charge on any atom is -0.497 e. The highest BCUT2D eigenvalue weighted by Crippen LogP contribution is 2.30. The van der Waals surface area contributed by atoms with Crippen molar-refractivity contribution in [3.63, 3.8) is 0 Å². The fourth-order valence-corrected chi connectivity index (χ4v) is 4.08. The van der Waals surface area contributed by atoms with Gasteiger partial charge in [-0.3, -0.25) is 4.79 Å². The molecule has 0 radical (unpaired) electrons. The lowest BCUT2D eigenvalue weighted by Gasteiger charge is -2.22. The van der Waals surface area contributed by atoms with Crippen LogP contribution in [-0.4, -0.2) is 32.1 Å². The minimum atomic E-state index is -0.404. The maximum atomic E-state index is 12.8. The number of hydrogen-bond donors (Lipinski definition) is 3. The summed E-state index contributed by atoms with van der Waals surface area (Å²) in [5.74, 6) is 0.543. The smallest absolute Gasteiger partial charge is 0.323 e. The largest absolute Gasteiger partial charge is 0.497 e. The molecule has 8 heteroatoms. The van der Waals surface area contributed by atoms with Crippen molar-refractivity contribution in [2.24, 2.45) is 0 Å². The van der Waals surface area contributed by atoms with Gasteiger partial charge in [0.1, 0.15) is 5.75 Å². The van der Waals surface area contributed by atoms with Crippen LogP contribution in [0.3, 0.4) is 0 Å². The summed E-state index contributed by atoms with van der Waals surface area (Å²) in [6.45, 7) is 2.20. The van der Waals surface area contributed by atoms with Crippen LogP contribution >= 0.6 is 11.6 Å². The fourth-order valence-electron chi connectivity index (χ4n) is 3.89. The van der Waals surface area contributed by atoms with Gasteiger partial charge in [0.15, 0.2) is 0 Å². The van der Waals surface area contributed by atoms with Crippen molar-refractivity contribution in [2.75, 3.05) is 35.7 Å². The molecule has 7 nitrogen and oxygen atoms in total. The van der Waals surface area contributed by atoms with E-state index in [9.17, 15) is 9.59 Å². The first-order valence-electron chi connectivity index (χ1n) is 11.2. The number of halogens is 1. The molecule has 3 amide bonds. The molecule has 0 saturated carbocycles. The van der Waals surface area contributed by atoms with Crippen LogP contribution in [0.4, 0.5) is 21.9 Å². The van der Waals surface area contributed by atoms with E-state index in [-0.39, 0.29) is 5.91 Å².